The van der Waals surface area contributed by atoms with Crippen molar-refractivity contribution in [1.29, 1.82) is 0 Å². The maximum Gasteiger partial charge on any atom is 0.240 e. The first kappa shape index (κ1) is 18.4. The number of methoxy groups -OCH3 is 1. The number of benzene rings is 1. The van der Waals surface area contributed by atoms with Crippen molar-refractivity contribution in [3.63, 3.8) is 0 Å². The highest BCUT2D eigenvalue weighted by atomic mass is 16.5. The molecule has 0 spiro atoms. The monoisotopic (exact) mass is 358 g/mol. The second-order valence-electron chi connectivity index (χ2n) is 7.48. The highest BCUT2D eigenvalue weighted by Gasteiger charge is 2.54. The van der Waals surface area contributed by atoms with Crippen LogP contribution in [0, 0.1) is 5.92 Å². The summed E-state index contributed by atoms with van der Waals surface area (Å²) in [5, 5.41) is 0. The van der Waals surface area contributed by atoms with Crippen LogP contribution < -0.4 is 4.74 Å². The van der Waals surface area contributed by atoms with E-state index in [1.165, 1.54) is 14.2 Å². The van der Waals surface area contributed by atoms with Crippen molar-refractivity contribution >= 4 is 17.7 Å². The molecule has 26 heavy (non-hydrogen) atoms. The van der Waals surface area contributed by atoms with Crippen LogP contribution in [0.15, 0.2) is 24.3 Å². The lowest BCUT2D eigenvalue weighted by atomic mass is 9.75. The predicted molar refractivity (Wildman–Crippen MR) is 96.7 cm³/mol. The minimum atomic E-state index is -1.18. The van der Waals surface area contributed by atoms with E-state index >= 15 is 0 Å². The van der Waals surface area contributed by atoms with Crippen LogP contribution in [0.5, 0.6) is 5.75 Å². The van der Waals surface area contributed by atoms with Gasteiger partial charge in [0.1, 0.15) is 5.75 Å². The highest BCUT2D eigenvalue weighted by molar-refractivity contribution is 6.10. The molecule has 6 heteroatoms. The third kappa shape index (κ3) is 3.08. The Kier molecular flexibility index (Phi) is 5.03. The minimum absolute atomic E-state index is 0.00214. The first-order valence-electron chi connectivity index (χ1n) is 9.11. The summed E-state index contributed by atoms with van der Waals surface area (Å²) in [7, 11) is 3.01. The van der Waals surface area contributed by atoms with E-state index < -0.39 is 5.41 Å². The Morgan fingerprint density at radius 3 is 2.65 bits per heavy atom. The summed E-state index contributed by atoms with van der Waals surface area (Å²) >= 11 is 0. The van der Waals surface area contributed by atoms with Crippen LogP contribution in [0.2, 0.25) is 0 Å². The van der Waals surface area contributed by atoms with Crippen molar-refractivity contribution in [2.45, 2.75) is 38.0 Å². The maximum atomic E-state index is 13.1. The SMILES string of the molecule is COc1ccccc1C1(CC(=O)N2CCCC(C)C2)CC(=O)N(C)C1=O. The quantitative estimate of drug-likeness (QED) is 0.772. The van der Waals surface area contributed by atoms with Crippen molar-refractivity contribution in [1.82, 2.24) is 9.80 Å². The zero-order valence-electron chi connectivity index (χ0n) is 15.7. The van der Waals surface area contributed by atoms with Gasteiger partial charge in [-0.3, -0.25) is 19.3 Å². The topological polar surface area (TPSA) is 66.9 Å². The molecule has 2 fully saturated rings. The zero-order chi connectivity index (χ0) is 18.9. The third-order valence-electron chi connectivity index (χ3n) is 5.63. The van der Waals surface area contributed by atoms with E-state index in [-0.39, 0.29) is 30.6 Å². The summed E-state index contributed by atoms with van der Waals surface area (Å²) in [4.78, 5) is 41.4. The molecule has 0 N–H and O–H groups in total. The Hall–Kier alpha value is -2.37. The van der Waals surface area contributed by atoms with Gasteiger partial charge in [-0.15, -0.1) is 0 Å². The summed E-state index contributed by atoms with van der Waals surface area (Å²) in [5.74, 6) is 0.326. The van der Waals surface area contributed by atoms with E-state index in [2.05, 4.69) is 6.92 Å². The molecule has 3 rings (SSSR count). The van der Waals surface area contributed by atoms with Gasteiger partial charge in [0.05, 0.1) is 12.5 Å². The van der Waals surface area contributed by atoms with Gasteiger partial charge in [-0.2, -0.15) is 0 Å². The number of likely N-dealkylation sites (tertiary alicyclic amines) is 2. The molecule has 0 bridgehead atoms. The largest absolute Gasteiger partial charge is 0.496 e. The number of imide groups is 1. The van der Waals surface area contributed by atoms with Gasteiger partial charge < -0.3 is 9.64 Å². The molecule has 2 aliphatic heterocycles. The Balaban J connectivity index is 1.98. The van der Waals surface area contributed by atoms with E-state index in [1.54, 1.807) is 12.1 Å². The average molecular weight is 358 g/mol. The number of amides is 3. The smallest absolute Gasteiger partial charge is 0.240 e. The number of para-hydroxylation sites is 1. The standard InChI is InChI=1S/C20H26N2O4/c1-14-7-6-10-22(13-14)18(24)12-20(11-17(23)21(2)19(20)25)15-8-4-5-9-16(15)26-3/h4-5,8-9,14H,6-7,10-13H2,1-3H3. The number of carbonyl (C=O) groups excluding carboxylic acids is 3. The Bertz CT molecular complexity index is 732. The molecule has 6 nitrogen and oxygen atoms in total. The number of nitrogens with zero attached hydrogens (tertiary/aromatic N) is 2. The molecule has 2 atom stereocenters. The molecule has 140 valence electrons. The average Bonchev–Trinajstić information content (AvgIpc) is 2.86. The second-order valence-corrected chi connectivity index (χ2v) is 7.48. The number of likely N-dealkylation sites (N-methyl/N-ethyl adjacent to an activating group) is 1. The Labute approximate surface area is 154 Å². The minimum Gasteiger partial charge on any atom is -0.496 e. The van der Waals surface area contributed by atoms with Crippen LogP contribution in [0.1, 0.15) is 38.2 Å². The molecule has 0 aliphatic carbocycles. The fourth-order valence-corrected chi connectivity index (χ4v) is 4.16. The van der Waals surface area contributed by atoms with Gasteiger partial charge in [-0.1, -0.05) is 25.1 Å². The molecule has 2 heterocycles. The zero-order valence-corrected chi connectivity index (χ0v) is 15.7. The van der Waals surface area contributed by atoms with Gasteiger partial charge in [-0.25, -0.2) is 0 Å². The lowest BCUT2D eigenvalue weighted by Gasteiger charge is -2.34. The van der Waals surface area contributed by atoms with Gasteiger partial charge in [0, 0.05) is 38.5 Å². The van der Waals surface area contributed by atoms with Crippen molar-refractivity contribution in [2.24, 2.45) is 5.92 Å². The molecule has 1 aromatic carbocycles. The van der Waals surface area contributed by atoms with Crippen LogP contribution >= 0.6 is 0 Å². The molecule has 2 saturated heterocycles. The van der Waals surface area contributed by atoms with Crippen LogP contribution in [0.4, 0.5) is 0 Å². The van der Waals surface area contributed by atoms with Gasteiger partial charge in [0.25, 0.3) is 0 Å². The molecule has 2 unspecified atom stereocenters. The van der Waals surface area contributed by atoms with Crippen LogP contribution in [-0.4, -0.2) is 54.8 Å². The Morgan fingerprint density at radius 1 is 1.31 bits per heavy atom. The van der Waals surface area contributed by atoms with E-state index in [4.69, 9.17) is 4.74 Å². The highest BCUT2D eigenvalue weighted by Crippen LogP contribution is 2.43. The molecule has 0 radical (unpaired) electrons. The molecular weight excluding hydrogens is 332 g/mol. The summed E-state index contributed by atoms with van der Waals surface area (Å²) in [6.07, 6.45) is 2.08. The van der Waals surface area contributed by atoms with Crippen molar-refractivity contribution in [2.75, 3.05) is 27.2 Å². The van der Waals surface area contributed by atoms with Crippen LogP contribution in [-0.2, 0) is 19.8 Å². The van der Waals surface area contributed by atoms with Crippen molar-refractivity contribution in [3.05, 3.63) is 29.8 Å². The summed E-state index contributed by atoms with van der Waals surface area (Å²) in [6.45, 7) is 3.55. The lowest BCUT2D eigenvalue weighted by molar-refractivity contribution is -0.142. The van der Waals surface area contributed by atoms with E-state index in [9.17, 15) is 14.4 Å². The molecule has 2 aliphatic rings. The van der Waals surface area contributed by atoms with Crippen molar-refractivity contribution in [3.8, 4) is 5.75 Å². The molecule has 0 aromatic heterocycles. The van der Waals surface area contributed by atoms with Crippen LogP contribution in [0.25, 0.3) is 0 Å². The van der Waals surface area contributed by atoms with Gasteiger partial charge in [0.15, 0.2) is 0 Å². The number of hydrogen-bond acceptors (Lipinski definition) is 4. The molecular formula is C20H26N2O4. The molecule has 3 amide bonds. The maximum absolute atomic E-state index is 13.1. The van der Waals surface area contributed by atoms with Gasteiger partial charge in [0.2, 0.25) is 17.7 Å². The fraction of sp³-hybridized carbons (Fsp3) is 0.550. The number of hydrogen-bond donors (Lipinski definition) is 0. The molecule has 0 saturated carbocycles. The lowest BCUT2D eigenvalue weighted by Crippen LogP contribution is -2.45. The van der Waals surface area contributed by atoms with E-state index in [1.807, 2.05) is 17.0 Å². The van der Waals surface area contributed by atoms with E-state index in [0.717, 1.165) is 17.7 Å². The fourth-order valence-electron chi connectivity index (χ4n) is 4.16. The second kappa shape index (κ2) is 7.09. The summed E-state index contributed by atoms with van der Waals surface area (Å²) < 4.78 is 5.44. The van der Waals surface area contributed by atoms with Crippen LogP contribution in [0.3, 0.4) is 0 Å². The normalized spacial score (nSPS) is 26.3. The first-order valence-corrected chi connectivity index (χ1v) is 9.11. The van der Waals surface area contributed by atoms with Crippen molar-refractivity contribution < 1.29 is 19.1 Å². The number of rotatable bonds is 4. The van der Waals surface area contributed by atoms with Gasteiger partial charge in [-0.05, 0) is 24.8 Å². The van der Waals surface area contributed by atoms with Gasteiger partial charge >= 0.3 is 0 Å². The Morgan fingerprint density at radius 2 is 2.04 bits per heavy atom. The summed E-state index contributed by atoms with van der Waals surface area (Å²) in [5.41, 5.74) is -0.570. The number of piperidine rings is 1. The number of carbonyl (C=O) groups is 3. The third-order valence-corrected chi connectivity index (χ3v) is 5.63. The summed E-state index contributed by atoms with van der Waals surface area (Å²) in [6, 6.07) is 7.17. The number of ether oxygens (including phenoxy) is 1. The predicted octanol–water partition coefficient (Wildman–Crippen LogP) is 1.97. The first-order chi connectivity index (χ1) is 12.4. The molecule has 1 aromatic rings. The van der Waals surface area contributed by atoms with E-state index in [0.29, 0.717) is 30.3 Å².